The van der Waals surface area contributed by atoms with Gasteiger partial charge in [-0.25, -0.2) is 0 Å². The van der Waals surface area contributed by atoms with Crippen molar-refractivity contribution in [2.75, 3.05) is 20.3 Å². The van der Waals surface area contributed by atoms with E-state index in [1.807, 2.05) is 30.3 Å². The summed E-state index contributed by atoms with van der Waals surface area (Å²) in [6.07, 6.45) is 3.64. The summed E-state index contributed by atoms with van der Waals surface area (Å²) in [6.45, 7) is 0.818. The molecule has 0 saturated heterocycles. The Kier molecular flexibility index (Phi) is 6.86. The lowest BCUT2D eigenvalue weighted by Gasteiger charge is -2.26. The minimum absolute atomic E-state index is 0.0712. The lowest BCUT2D eigenvalue weighted by molar-refractivity contribution is -0.129. The first-order valence-electron chi connectivity index (χ1n) is 9.29. The van der Waals surface area contributed by atoms with Gasteiger partial charge in [-0.05, 0) is 35.8 Å². The summed E-state index contributed by atoms with van der Waals surface area (Å²) in [6, 6.07) is 15.6. The third-order valence-electron chi connectivity index (χ3n) is 4.73. The summed E-state index contributed by atoms with van der Waals surface area (Å²) >= 11 is 5.99. The number of aliphatic hydroxyl groups is 1. The molecule has 0 bridgehead atoms. The standard InChI is InChI=1S/C23H22ClNO4/c1-29-15-5-14-25-21(17-9-11-18(24)12-10-17)20(22(27)23(25)28)19(26)13-8-16-6-3-2-4-7-16/h2-4,6-13,21,27H,5,14-15H2,1H3. The van der Waals surface area contributed by atoms with Crippen LogP contribution in [0.5, 0.6) is 0 Å². The number of aliphatic hydroxyl groups excluding tert-OH is 1. The lowest BCUT2D eigenvalue weighted by Crippen LogP contribution is -2.32. The molecule has 6 heteroatoms. The number of ketones is 1. The lowest BCUT2D eigenvalue weighted by atomic mass is 9.95. The van der Waals surface area contributed by atoms with Gasteiger partial charge in [-0.3, -0.25) is 9.59 Å². The van der Waals surface area contributed by atoms with E-state index in [9.17, 15) is 14.7 Å². The number of carbonyl (C=O) groups is 2. The summed E-state index contributed by atoms with van der Waals surface area (Å²) in [5.41, 5.74) is 1.63. The average Bonchev–Trinajstić information content (AvgIpc) is 2.98. The van der Waals surface area contributed by atoms with Gasteiger partial charge in [0.2, 0.25) is 0 Å². The first-order chi connectivity index (χ1) is 14.0. The fourth-order valence-electron chi connectivity index (χ4n) is 3.33. The van der Waals surface area contributed by atoms with Gasteiger partial charge in [-0.15, -0.1) is 0 Å². The number of amides is 1. The second kappa shape index (κ2) is 9.54. The second-order valence-electron chi connectivity index (χ2n) is 6.67. The minimum atomic E-state index is -0.676. The van der Waals surface area contributed by atoms with Crippen molar-refractivity contribution in [1.29, 1.82) is 0 Å². The van der Waals surface area contributed by atoms with Crippen molar-refractivity contribution >= 4 is 29.4 Å². The van der Waals surface area contributed by atoms with Crippen LogP contribution in [0.3, 0.4) is 0 Å². The van der Waals surface area contributed by atoms with Crippen LogP contribution in [0, 0.1) is 0 Å². The van der Waals surface area contributed by atoms with Crippen LogP contribution >= 0.6 is 11.6 Å². The van der Waals surface area contributed by atoms with Crippen molar-refractivity contribution in [2.45, 2.75) is 12.5 Å². The van der Waals surface area contributed by atoms with Crippen LogP contribution in [0.25, 0.3) is 6.08 Å². The molecule has 1 aliphatic heterocycles. The Morgan fingerprint density at radius 3 is 2.52 bits per heavy atom. The third-order valence-corrected chi connectivity index (χ3v) is 4.98. The van der Waals surface area contributed by atoms with Crippen LogP contribution in [-0.2, 0) is 14.3 Å². The fraction of sp³-hybridized carbons (Fsp3) is 0.217. The molecule has 0 radical (unpaired) electrons. The molecular formula is C23H22ClNO4. The zero-order valence-electron chi connectivity index (χ0n) is 16.0. The fourth-order valence-corrected chi connectivity index (χ4v) is 3.46. The van der Waals surface area contributed by atoms with Gasteiger partial charge >= 0.3 is 0 Å². The zero-order chi connectivity index (χ0) is 20.8. The van der Waals surface area contributed by atoms with E-state index in [0.717, 1.165) is 5.56 Å². The Balaban J connectivity index is 1.94. The Morgan fingerprint density at radius 1 is 1.17 bits per heavy atom. The first kappa shape index (κ1) is 20.8. The molecule has 1 aliphatic rings. The predicted molar refractivity (Wildman–Crippen MR) is 113 cm³/mol. The summed E-state index contributed by atoms with van der Waals surface area (Å²) in [7, 11) is 1.58. The van der Waals surface area contributed by atoms with E-state index in [2.05, 4.69) is 0 Å². The largest absolute Gasteiger partial charge is 0.503 e. The van der Waals surface area contributed by atoms with E-state index < -0.39 is 23.5 Å². The average molecular weight is 412 g/mol. The number of benzene rings is 2. The normalized spacial score (nSPS) is 16.8. The second-order valence-corrected chi connectivity index (χ2v) is 7.11. The van der Waals surface area contributed by atoms with Crippen molar-refractivity contribution in [3.63, 3.8) is 0 Å². The Labute approximate surface area is 174 Å². The van der Waals surface area contributed by atoms with Gasteiger partial charge in [0.25, 0.3) is 5.91 Å². The van der Waals surface area contributed by atoms with Crippen molar-refractivity contribution in [3.8, 4) is 0 Å². The summed E-state index contributed by atoms with van der Waals surface area (Å²) in [4.78, 5) is 27.2. The molecule has 1 atom stereocenters. The van der Waals surface area contributed by atoms with E-state index in [4.69, 9.17) is 16.3 Å². The van der Waals surface area contributed by atoms with Crippen LogP contribution in [0.15, 0.2) is 72.0 Å². The van der Waals surface area contributed by atoms with Crippen LogP contribution in [0.4, 0.5) is 0 Å². The molecule has 29 heavy (non-hydrogen) atoms. The van der Waals surface area contributed by atoms with Crippen molar-refractivity contribution in [1.82, 2.24) is 4.90 Å². The number of methoxy groups -OCH3 is 1. The maximum Gasteiger partial charge on any atom is 0.290 e. The smallest absolute Gasteiger partial charge is 0.290 e. The number of allylic oxidation sites excluding steroid dienone is 1. The van der Waals surface area contributed by atoms with Gasteiger partial charge in [0.1, 0.15) is 0 Å². The molecule has 0 aliphatic carbocycles. The van der Waals surface area contributed by atoms with E-state index in [-0.39, 0.29) is 5.57 Å². The SMILES string of the molecule is COCCCN1C(=O)C(O)=C(C(=O)C=Cc2ccccc2)C1c1ccc(Cl)cc1. The molecule has 0 aromatic heterocycles. The molecule has 0 fully saturated rings. The molecule has 2 aromatic rings. The molecule has 1 heterocycles. The molecule has 1 unspecified atom stereocenters. The summed E-state index contributed by atoms with van der Waals surface area (Å²) in [5.74, 6) is -1.48. The van der Waals surface area contributed by atoms with Gasteiger partial charge < -0.3 is 14.7 Å². The van der Waals surface area contributed by atoms with E-state index >= 15 is 0 Å². The highest BCUT2D eigenvalue weighted by Crippen LogP contribution is 2.38. The summed E-state index contributed by atoms with van der Waals surface area (Å²) < 4.78 is 5.07. The van der Waals surface area contributed by atoms with Gasteiger partial charge in [-0.1, -0.05) is 60.1 Å². The topological polar surface area (TPSA) is 66.8 Å². The van der Waals surface area contributed by atoms with Gasteiger partial charge in [0.15, 0.2) is 11.5 Å². The number of hydrogen-bond acceptors (Lipinski definition) is 4. The molecule has 150 valence electrons. The van der Waals surface area contributed by atoms with Gasteiger partial charge in [0.05, 0.1) is 11.6 Å². The molecule has 2 aromatic carbocycles. The number of halogens is 1. The minimum Gasteiger partial charge on any atom is -0.503 e. The number of rotatable bonds is 8. The van der Waals surface area contributed by atoms with Crippen molar-refractivity contribution in [2.24, 2.45) is 0 Å². The molecule has 3 rings (SSSR count). The number of hydrogen-bond donors (Lipinski definition) is 1. The number of nitrogens with zero attached hydrogens (tertiary/aromatic N) is 1. The van der Waals surface area contributed by atoms with E-state index in [0.29, 0.717) is 30.2 Å². The zero-order valence-corrected chi connectivity index (χ0v) is 16.8. The van der Waals surface area contributed by atoms with Crippen LogP contribution < -0.4 is 0 Å². The van der Waals surface area contributed by atoms with Crippen molar-refractivity contribution < 1.29 is 19.4 Å². The maximum absolute atomic E-state index is 13.0. The van der Waals surface area contributed by atoms with Crippen LogP contribution in [0.2, 0.25) is 5.02 Å². The molecular weight excluding hydrogens is 390 g/mol. The first-order valence-corrected chi connectivity index (χ1v) is 9.66. The Hall–Kier alpha value is -2.89. The highest BCUT2D eigenvalue weighted by molar-refractivity contribution is 6.30. The quantitative estimate of drug-likeness (QED) is 0.518. The maximum atomic E-state index is 13.0. The Bertz CT molecular complexity index is 935. The monoisotopic (exact) mass is 411 g/mol. The van der Waals surface area contributed by atoms with Gasteiger partial charge in [-0.2, -0.15) is 0 Å². The van der Waals surface area contributed by atoms with Crippen molar-refractivity contribution in [3.05, 3.63) is 88.2 Å². The molecule has 5 nitrogen and oxygen atoms in total. The molecule has 1 amide bonds. The van der Waals surface area contributed by atoms with Crippen LogP contribution in [-0.4, -0.2) is 42.0 Å². The number of carbonyl (C=O) groups excluding carboxylic acids is 2. The predicted octanol–water partition coefficient (Wildman–Crippen LogP) is 4.35. The third kappa shape index (κ3) is 4.75. The van der Waals surface area contributed by atoms with Gasteiger partial charge in [0, 0.05) is 25.3 Å². The molecule has 0 saturated carbocycles. The molecule has 0 spiro atoms. The number of ether oxygens (including phenoxy) is 1. The summed E-state index contributed by atoms with van der Waals surface area (Å²) in [5, 5.41) is 11.1. The Morgan fingerprint density at radius 2 is 1.86 bits per heavy atom. The van der Waals surface area contributed by atoms with E-state index in [1.165, 1.54) is 11.0 Å². The van der Waals surface area contributed by atoms with E-state index in [1.54, 1.807) is 37.5 Å². The molecule has 1 N–H and O–H groups in total. The highest BCUT2D eigenvalue weighted by Gasteiger charge is 2.42. The highest BCUT2D eigenvalue weighted by atomic mass is 35.5. The van der Waals surface area contributed by atoms with Crippen LogP contribution in [0.1, 0.15) is 23.6 Å².